The quantitative estimate of drug-likeness (QED) is 0.704. The summed E-state index contributed by atoms with van der Waals surface area (Å²) < 4.78 is 38.4. The molecule has 0 atom stereocenters. The van der Waals surface area contributed by atoms with Crippen LogP contribution in [0.1, 0.15) is 27.7 Å². The molecule has 0 fully saturated rings. The molecule has 0 radical (unpaired) electrons. The maximum atomic E-state index is 11.6. The number of halogens is 3. The molecule has 0 heterocycles. The molecule has 0 amide bonds. The number of hydrogen-bond acceptors (Lipinski definition) is 3. The smallest absolute Gasteiger partial charge is 0.389 e. The Kier molecular flexibility index (Phi) is 4.57. The van der Waals surface area contributed by atoms with E-state index in [4.69, 9.17) is 0 Å². The van der Waals surface area contributed by atoms with Crippen molar-refractivity contribution >= 4 is 0 Å². The molecule has 0 rings (SSSR count). The lowest BCUT2D eigenvalue weighted by atomic mass is 9.86. The van der Waals surface area contributed by atoms with Gasteiger partial charge in [-0.25, -0.2) is 0 Å². The van der Waals surface area contributed by atoms with Gasteiger partial charge in [-0.1, -0.05) is 0 Å². The molecule has 15 heavy (non-hydrogen) atoms. The predicted molar refractivity (Wildman–Crippen MR) is 50.4 cm³/mol. The molecule has 0 aliphatic carbocycles. The first-order valence-corrected chi connectivity index (χ1v) is 4.64. The highest BCUT2D eigenvalue weighted by atomic mass is 19.4. The van der Waals surface area contributed by atoms with Crippen molar-refractivity contribution in [2.45, 2.75) is 45.2 Å². The van der Waals surface area contributed by atoms with Gasteiger partial charge >= 0.3 is 6.36 Å². The van der Waals surface area contributed by atoms with E-state index in [-0.39, 0.29) is 6.54 Å². The number of alkyl halides is 3. The van der Waals surface area contributed by atoms with Gasteiger partial charge in [0, 0.05) is 12.1 Å². The molecule has 3 nitrogen and oxygen atoms in total. The Morgan fingerprint density at radius 2 is 1.60 bits per heavy atom. The van der Waals surface area contributed by atoms with E-state index in [0.717, 1.165) is 0 Å². The van der Waals surface area contributed by atoms with Crippen molar-refractivity contribution in [2.24, 2.45) is 0 Å². The van der Waals surface area contributed by atoms with Crippen molar-refractivity contribution in [2.75, 3.05) is 13.2 Å². The highest BCUT2D eigenvalue weighted by Crippen LogP contribution is 2.20. The summed E-state index contributed by atoms with van der Waals surface area (Å²) in [5.41, 5.74) is -1.70. The minimum atomic E-state index is -4.60. The Balaban J connectivity index is 3.87. The average Bonchev–Trinajstić information content (AvgIpc) is 1.94. The minimum Gasteiger partial charge on any atom is -0.389 e. The standard InChI is InChI=1S/C9H18F3NO2/c1-7(2,8(3,4)14)13-5-6-15-9(10,11)12/h13-14H,5-6H2,1-4H3. The van der Waals surface area contributed by atoms with Crippen molar-refractivity contribution in [3.8, 4) is 0 Å². The molecular weight excluding hydrogens is 211 g/mol. The summed E-state index contributed by atoms with van der Waals surface area (Å²) in [6, 6.07) is 0. The minimum absolute atomic E-state index is 0.0243. The number of hydrogen-bond donors (Lipinski definition) is 2. The van der Waals surface area contributed by atoms with Gasteiger partial charge in [0.15, 0.2) is 0 Å². The SMILES string of the molecule is CC(C)(O)C(C)(C)NCCOC(F)(F)F. The highest BCUT2D eigenvalue weighted by Gasteiger charge is 2.35. The van der Waals surface area contributed by atoms with Gasteiger partial charge in [0.1, 0.15) is 0 Å². The van der Waals surface area contributed by atoms with Crippen molar-refractivity contribution in [3.05, 3.63) is 0 Å². The summed E-state index contributed by atoms with van der Waals surface area (Å²) in [4.78, 5) is 0. The third-order valence-electron chi connectivity index (χ3n) is 2.46. The molecule has 0 aromatic rings. The molecule has 2 N–H and O–H groups in total. The lowest BCUT2D eigenvalue weighted by Gasteiger charge is -2.38. The highest BCUT2D eigenvalue weighted by molar-refractivity contribution is 4.93. The first kappa shape index (κ1) is 14.7. The zero-order valence-electron chi connectivity index (χ0n) is 9.40. The molecule has 0 aliphatic heterocycles. The molecule has 0 aromatic heterocycles. The fraction of sp³-hybridized carbons (Fsp3) is 1.00. The molecule has 0 aromatic carbocycles. The summed E-state index contributed by atoms with van der Waals surface area (Å²) in [6.07, 6.45) is -4.60. The third-order valence-corrected chi connectivity index (χ3v) is 2.46. The second-order valence-electron chi connectivity index (χ2n) is 4.40. The monoisotopic (exact) mass is 229 g/mol. The van der Waals surface area contributed by atoms with Crippen LogP contribution >= 0.6 is 0 Å². The lowest BCUT2D eigenvalue weighted by Crippen LogP contribution is -2.56. The first-order chi connectivity index (χ1) is 6.46. The lowest BCUT2D eigenvalue weighted by molar-refractivity contribution is -0.323. The Labute approximate surface area is 87.6 Å². The van der Waals surface area contributed by atoms with Crippen LogP contribution in [0.2, 0.25) is 0 Å². The van der Waals surface area contributed by atoms with Crippen molar-refractivity contribution in [1.29, 1.82) is 0 Å². The van der Waals surface area contributed by atoms with Crippen LogP contribution in [0.4, 0.5) is 13.2 Å². The maximum Gasteiger partial charge on any atom is 0.522 e. The predicted octanol–water partition coefficient (Wildman–Crippen LogP) is 1.66. The number of rotatable bonds is 5. The molecule has 0 saturated heterocycles. The van der Waals surface area contributed by atoms with Gasteiger partial charge in [0.25, 0.3) is 0 Å². The number of ether oxygens (including phenoxy) is 1. The first-order valence-electron chi connectivity index (χ1n) is 4.64. The molecule has 0 unspecified atom stereocenters. The summed E-state index contributed by atoms with van der Waals surface area (Å²) in [6.45, 7) is 6.15. The van der Waals surface area contributed by atoms with Gasteiger partial charge in [0.05, 0.1) is 12.2 Å². The molecule has 6 heteroatoms. The summed E-state index contributed by atoms with van der Waals surface area (Å²) >= 11 is 0. The maximum absolute atomic E-state index is 11.6. The van der Waals surface area contributed by atoms with Gasteiger partial charge in [-0.05, 0) is 27.7 Å². The topological polar surface area (TPSA) is 41.5 Å². The van der Waals surface area contributed by atoms with Crippen LogP contribution in [0.3, 0.4) is 0 Å². The van der Waals surface area contributed by atoms with E-state index in [2.05, 4.69) is 10.1 Å². The van der Waals surface area contributed by atoms with Crippen LogP contribution in [-0.4, -0.2) is 35.8 Å². The Hall–Kier alpha value is -0.330. The van der Waals surface area contributed by atoms with E-state index < -0.39 is 24.1 Å². The zero-order chi connectivity index (χ0) is 12.3. The van der Waals surface area contributed by atoms with E-state index >= 15 is 0 Å². The average molecular weight is 229 g/mol. The van der Waals surface area contributed by atoms with E-state index in [1.807, 2.05) is 0 Å². The van der Waals surface area contributed by atoms with Crippen molar-refractivity contribution in [3.63, 3.8) is 0 Å². The normalized spacial score (nSPS) is 14.4. The Morgan fingerprint density at radius 3 is 1.93 bits per heavy atom. The third kappa shape index (κ3) is 5.96. The fourth-order valence-electron chi connectivity index (χ4n) is 0.747. The number of nitrogens with one attached hydrogen (secondary N) is 1. The largest absolute Gasteiger partial charge is 0.522 e. The van der Waals surface area contributed by atoms with Crippen molar-refractivity contribution in [1.82, 2.24) is 5.32 Å². The molecule has 0 saturated carbocycles. The van der Waals surface area contributed by atoms with Crippen LogP contribution in [0, 0.1) is 0 Å². The Bertz CT molecular complexity index is 197. The molecule has 0 bridgehead atoms. The van der Waals surface area contributed by atoms with Crippen molar-refractivity contribution < 1.29 is 23.0 Å². The van der Waals surface area contributed by atoms with Crippen LogP contribution in [0.15, 0.2) is 0 Å². The van der Waals surface area contributed by atoms with Gasteiger partial charge in [-0.3, -0.25) is 4.74 Å². The molecule has 92 valence electrons. The van der Waals surface area contributed by atoms with Crippen LogP contribution < -0.4 is 5.32 Å². The zero-order valence-corrected chi connectivity index (χ0v) is 9.40. The van der Waals surface area contributed by atoms with Gasteiger partial charge in [0.2, 0.25) is 0 Å². The Morgan fingerprint density at radius 1 is 1.13 bits per heavy atom. The van der Waals surface area contributed by atoms with Gasteiger partial charge < -0.3 is 10.4 Å². The van der Waals surface area contributed by atoms with E-state index in [0.29, 0.717) is 0 Å². The fourth-order valence-corrected chi connectivity index (χ4v) is 0.747. The van der Waals surface area contributed by atoms with E-state index in [9.17, 15) is 18.3 Å². The molecule has 0 spiro atoms. The second kappa shape index (κ2) is 4.67. The van der Waals surface area contributed by atoms with E-state index in [1.165, 1.54) is 0 Å². The van der Waals surface area contributed by atoms with Gasteiger partial charge in [-0.2, -0.15) is 0 Å². The summed E-state index contributed by atoms with van der Waals surface area (Å²) in [5, 5.41) is 12.5. The second-order valence-corrected chi connectivity index (χ2v) is 4.40. The van der Waals surface area contributed by atoms with Crippen LogP contribution in [-0.2, 0) is 4.74 Å². The molecule has 0 aliphatic rings. The molecular formula is C9H18F3NO2. The summed E-state index contributed by atoms with van der Waals surface area (Å²) in [5.74, 6) is 0. The van der Waals surface area contributed by atoms with E-state index in [1.54, 1.807) is 27.7 Å². The van der Waals surface area contributed by atoms with Gasteiger partial charge in [-0.15, -0.1) is 13.2 Å². The summed E-state index contributed by atoms with van der Waals surface area (Å²) in [7, 11) is 0. The number of aliphatic hydroxyl groups is 1. The van der Waals surface area contributed by atoms with Crippen LogP contribution in [0.25, 0.3) is 0 Å². The van der Waals surface area contributed by atoms with Crippen LogP contribution in [0.5, 0.6) is 0 Å².